The molecule has 0 aromatic heterocycles. The lowest BCUT2D eigenvalue weighted by atomic mass is 9.99. The fraction of sp³-hybridized carbons (Fsp3) is 0.533. The average Bonchev–Trinajstić information content (AvgIpc) is 2.41. The number of nitrogens with one attached hydrogen (secondary N) is 1. The fourth-order valence-electron chi connectivity index (χ4n) is 2.38. The first-order valence-electron chi connectivity index (χ1n) is 7.02. The topological polar surface area (TPSA) is 32.3 Å². The summed E-state index contributed by atoms with van der Waals surface area (Å²) in [4.78, 5) is 14.3. The smallest absolute Gasteiger partial charge is 0.252 e. The third-order valence-electron chi connectivity index (χ3n) is 3.77. The van der Waals surface area contributed by atoms with Gasteiger partial charge in [-0.15, -0.1) is 0 Å². The Morgan fingerprint density at radius 3 is 2.80 bits per heavy atom. The van der Waals surface area contributed by atoms with Crippen molar-refractivity contribution in [1.82, 2.24) is 10.2 Å². The zero-order chi connectivity index (χ0) is 14.5. The van der Waals surface area contributed by atoms with Crippen LogP contribution in [0, 0.1) is 11.7 Å². The monoisotopic (exact) mass is 298 g/mol. The van der Waals surface area contributed by atoms with Crippen molar-refractivity contribution in [3.8, 4) is 0 Å². The zero-order valence-electron chi connectivity index (χ0n) is 11.7. The number of rotatable bonds is 4. The van der Waals surface area contributed by atoms with Crippen molar-refractivity contribution in [3.05, 3.63) is 34.6 Å². The molecule has 1 aliphatic heterocycles. The maximum Gasteiger partial charge on any atom is 0.252 e. The van der Waals surface area contributed by atoms with Gasteiger partial charge in [0.2, 0.25) is 0 Å². The van der Waals surface area contributed by atoms with Gasteiger partial charge in [-0.25, -0.2) is 4.39 Å². The number of hydrogen-bond donors (Lipinski definition) is 1. The molecule has 1 aromatic rings. The highest BCUT2D eigenvalue weighted by Gasteiger charge is 2.16. The van der Waals surface area contributed by atoms with Crippen molar-refractivity contribution in [2.75, 3.05) is 26.2 Å². The number of nitrogens with zero attached hydrogens (tertiary/aromatic N) is 1. The normalized spacial score (nSPS) is 17.1. The molecule has 20 heavy (non-hydrogen) atoms. The molecule has 2 rings (SSSR count). The van der Waals surface area contributed by atoms with Gasteiger partial charge in [0.25, 0.3) is 5.91 Å². The summed E-state index contributed by atoms with van der Waals surface area (Å²) in [5.74, 6) is 0.119. The van der Waals surface area contributed by atoms with Crippen molar-refractivity contribution in [3.63, 3.8) is 0 Å². The summed E-state index contributed by atoms with van der Waals surface area (Å²) in [6.07, 6.45) is 2.44. The van der Waals surface area contributed by atoms with Crippen molar-refractivity contribution >= 4 is 17.5 Å². The van der Waals surface area contributed by atoms with E-state index in [9.17, 15) is 9.18 Å². The molecule has 0 atom stereocenters. The predicted octanol–water partition coefficient (Wildman–Crippen LogP) is 2.94. The molecule has 1 aromatic carbocycles. The summed E-state index contributed by atoms with van der Waals surface area (Å²) in [6, 6.07) is 3.81. The minimum absolute atomic E-state index is 0.147. The summed E-state index contributed by atoms with van der Waals surface area (Å²) in [6.45, 7) is 5.89. The quantitative estimate of drug-likeness (QED) is 0.927. The maximum atomic E-state index is 12.9. The van der Waals surface area contributed by atoms with Gasteiger partial charge in [-0.3, -0.25) is 4.79 Å². The second kappa shape index (κ2) is 7.04. The van der Waals surface area contributed by atoms with Crippen molar-refractivity contribution in [2.24, 2.45) is 5.92 Å². The lowest BCUT2D eigenvalue weighted by Crippen LogP contribution is -2.39. The molecule has 1 N–H and O–H groups in total. The van der Waals surface area contributed by atoms with Gasteiger partial charge in [0.15, 0.2) is 0 Å². The molecule has 1 fully saturated rings. The summed E-state index contributed by atoms with van der Waals surface area (Å²) in [5, 5.41) is 2.98. The van der Waals surface area contributed by atoms with Gasteiger partial charge in [0, 0.05) is 13.1 Å². The summed E-state index contributed by atoms with van der Waals surface area (Å²) < 4.78 is 12.9. The van der Waals surface area contributed by atoms with Crippen molar-refractivity contribution in [2.45, 2.75) is 19.8 Å². The first kappa shape index (κ1) is 15.3. The number of likely N-dealkylation sites (tertiary alicyclic amines) is 1. The first-order valence-corrected chi connectivity index (χ1v) is 7.39. The van der Waals surface area contributed by atoms with E-state index in [-0.39, 0.29) is 10.9 Å². The SMILES string of the molecule is CC1CCN(CCNC(=O)c2ccc(F)cc2Cl)CC1. The van der Waals surface area contributed by atoms with Crippen LogP contribution in [0.15, 0.2) is 18.2 Å². The Morgan fingerprint density at radius 2 is 2.15 bits per heavy atom. The summed E-state index contributed by atoms with van der Waals surface area (Å²) in [5.41, 5.74) is 0.320. The van der Waals surface area contributed by atoms with Gasteiger partial charge in [0.05, 0.1) is 10.6 Å². The number of piperidine rings is 1. The Morgan fingerprint density at radius 1 is 1.45 bits per heavy atom. The molecule has 1 amide bonds. The highest BCUT2D eigenvalue weighted by Crippen LogP contribution is 2.17. The van der Waals surface area contributed by atoms with E-state index in [0.717, 1.165) is 31.6 Å². The molecule has 1 aliphatic rings. The minimum Gasteiger partial charge on any atom is -0.351 e. The van der Waals surface area contributed by atoms with E-state index in [1.165, 1.54) is 25.0 Å². The third kappa shape index (κ3) is 4.18. The second-order valence-corrected chi connectivity index (χ2v) is 5.81. The molecule has 0 radical (unpaired) electrons. The van der Waals surface area contributed by atoms with Crippen LogP contribution < -0.4 is 5.32 Å². The number of amides is 1. The van der Waals surface area contributed by atoms with E-state index in [4.69, 9.17) is 11.6 Å². The van der Waals surface area contributed by atoms with Crippen molar-refractivity contribution < 1.29 is 9.18 Å². The van der Waals surface area contributed by atoms with E-state index >= 15 is 0 Å². The molecule has 3 nitrogen and oxygen atoms in total. The number of carbonyl (C=O) groups is 1. The lowest BCUT2D eigenvalue weighted by Gasteiger charge is -2.30. The molecular weight excluding hydrogens is 279 g/mol. The Hall–Kier alpha value is -1.13. The van der Waals surface area contributed by atoms with Gasteiger partial charge in [-0.1, -0.05) is 18.5 Å². The summed E-state index contributed by atoms with van der Waals surface area (Å²) >= 11 is 5.86. The van der Waals surface area contributed by atoms with Crippen LogP contribution in [-0.4, -0.2) is 37.0 Å². The van der Waals surface area contributed by atoms with Crippen LogP contribution in [0.1, 0.15) is 30.1 Å². The van der Waals surface area contributed by atoms with Gasteiger partial charge in [0.1, 0.15) is 5.82 Å². The largest absolute Gasteiger partial charge is 0.351 e. The molecule has 0 aliphatic carbocycles. The van der Waals surface area contributed by atoms with E-state index in [2.05, 4.69) is 17.1 Å². The van der Waals surface area contributed by atoms with Crippen LogP contribution in [0.2, 0.25) is 5.02 Å². The zero-order valence-corrected chi connectivity index (χ0v) is 12.4. The van der Waals surface area contributed by atoms with Crippen LogP contribution in [0.25, 0.3) is 0 Å². The van der Waals surface area contributed by atoms with E-state index < -0.39 is 5.82 Å². The number of halogens is 2. The molecular formula is C15H20ClFN2O. The summed E-state index contributed by atoms with van der Waals surface area (Å²) in [7, 11) is 0. The van der Waals surface area contributed by atoms with Gasteiger partial charge in [-0.05, 0) is 50.0 Å². The highest BCUT2D eigenvalue weighted by molar-refractivity contribution is 6.33. The molecule has 0 bridgehead atoms. The van der Waals surface area contributed by atoms with Gasteiger partial charge < -0.3 is 10.2 Å². The first-order chi connectivity index (χ1) is 9.56. The van der Waals surface area contributed by atoms with Crippen LogP contribution >= 0.6 is 11.6 Å². The highest BCUT2D eigenvalue weighted by atomic mass is 35.5. The standard InChI is InChI=1S/C15H20ClFN2O/c1-11-4-7-19(8-5-11)9-6-18-15(20)13-3-2-12(17)10-14(13)16/h2-3,10-11H,4-9H2,1H3,(H,18,20). The number of hydrogen-bond acceptors (Lipinski definition) is 2. The average molecular weight is 299 g/mol. The molecule has 0 spiro atoms. The van der Waals surface area contributed by atoms with Crippen LogP contribution in [-0.2, 0) is 0 Å². The van der Waals surface area contributed by atoms with E-state index in [1.807, 2.05) is 0 Å². The van der Waals surface area contributed by atoms with Crippen molar-refractivity contribution in [1.29, 1.82) is 0 Å². The predicted molar refractivity (Wildman–Crippen MR) is 78.6 cm³/mol. The molecule has 1 heterocycles. The molecule has 1 saturated heterocycles. The molecule has 110 valence electrons. The van der Waals surface area contributed by atoms with Crippen LogP contribution in [0.3, 0.4) is 0 Å². The second-order valence-electron chi connectivity index (χ2n) is 5.40. The lowest BCUT2D eigenvalue weighted by molar-refractivity contribution is 0.0944. The Balaban J connectivity index is 1.77. The molecule has 0 unspecified atom stereocenters. The van der Waals surface area contributed by atoms with Crippen LogP contribution in [0.5, 0.6) is 0 Å². The van der Waals surface area contributed by atoms with Crippen LogP contribution in [0.4, 0.5) is 4.39 Å². The number of benzene rings is 1. The molecule has 5 heteroatoms. The fourth-order valence-corrected chi connectivity index (χ4v) is 2.64. The van der Waals surface area contributed by atoms with E-state index in [1.54, 1.807) is 0 Å². The Labute approximate surface area is 124 Å². The minimum atomic E-state index is -0.436. The Bertz CT molecular complexity index is 473. The van der Waals surface area contributed by atoms with Gasteiger partial charge in [-0.2, -0.15) is 0 Å². The molecule has 0 saturated carbocycles. The Kier molecular flexibility index (Phi) is 5.38. The number of carbonyl (C=O) groups excluding carboxylic acids is 1. The maximum absolute atomic E-state index is 12.9. The van der Waals surface area contributed by atoms with Gasteiger partial charge >= 0.3 is 0 Å². The third-order valence-corrected chi connectivity index (χ3v) is 4.08. The van der Waals surface area contributed by atoms with E-state index in [0.29, 0.717) is 12.1 Å².